The molecule has 5 nitrogen and oxygen atoms in total. The van der Waals surface area contributed by atoms with Gasteiger partial charge in [0.05, 0.1) is 6.54 Å². The molecule has 1 rings (SSSR count). The number of nitrogens with one attached hydrogen (secondary N) is 2. The quantitative estimate of drug-likeness (QED) is 0.795. The van der Waals surface area contributed by atoms with Crippen LogP contribution in [0.1, 0.15) is 19.6 Å². The topological polar surface area (TPSA) is 71.3 Å². The Morgan fingerprint density at radius 2 is 2.06 bits per heavy atom. The van der Waals surface area contributed by atoms with Crippen molar-refractivity contribution in [3.05, 3.63) is 17.9 Å². The summed E-state index contributed by atoms with van der Waals surface area (Å²) in [4.78, 5) is 0. The highest BCUT2D eigenvalue weighted by molar-refractivity contribution is 8.00. The molecule has 0 amide bonds. The van der Waals surface area contributed by atoms with Gasteiger partial charge in [-0.15, -0.1) is 0 Å². The highest BCUT2D eigenvalue weighted by atomic mass is 32.2. The minimum absolute atomic E-state index is 0.0374. The van der Waals surface area contributed by atoms with Crippen molar-refractivity contribution in [1.29, 1.82) is 0 Å². The summed E-state index contributed by atoms with van der Waals surface area (Å²) in [6.45, 7) is 4.83. The summed E-state index contributed by atoms with van der Waals surface area (Å²) in [5, 5.41) is 2.86. The van der Waals surface area contributed by atoms with Gasteiger partial charge >= 0.3 is 0 Å². The van der Waals surface area contributed by atoms with Crippen LogP contribution in [0.25, 0.3) is 0 Å². The van der Waals surface area contributed by atoms with E-state index in [-0.39, 0.29) is 9.84 Å². The average Bonchev–Trinajstić information content (AvgIpc) is 2.77. The van der Waals surface area contributed by atoms with Gasteiger partial charge in [0, 0.05) is 11.3 Å². The fourth-order valence-corrected chi connectivity index (χ4v) is 2.65. The van der Waals surface area contributed by atoms with E-state index in [1.165, 1.54) is 6.07 Å². The molecule has 0 fully saturated rings. The highest BCUT2D eigenvalue weighted by Gasteiger charge is 2.23. The Morgan fingerprint density at radius 1 is 1.39 bits per heavy atom. The smallest absolute Gasteiger partial charge is 0.274 e. The molecular weight excluding hydrogens is 272 g/mol. The minimum atomic E-state index is -3.56. The van der Waals surface area contributed by atoms with E-state index < -0.39 is 10.0 Å². The number of thioether (sulfide) groups is 1. The molecule has 104 valence electrons. The molecular formula is C11H20N2O3S2. The Bertz CT molecular complexity index is 480. The molecule has 7 heteroatoms. The zero-order chi connectivity index (χ0) is 13.8. The first kappa shape index (κ1) is 15.6. The molecule has 2 N–H and O–H groups in total. The molecule has 0 saturated carbocycles. The maximum Gasteiger partial charge on any atom is 0.274 e. The predicted molar refractivity (Wildman–Crippen MR) is 74.3 cm³/mol. The molecule has 0 aromatic carbocycles. The molecule has 0 atom stereocenters. The number of furan rings is 1. The normalized spacial score (nSPS) is 12.9. The van der Waals surface area contributed by atoms with Crippen molar-refractivity contribution < 1.29 is 12.8 Å². The van der Waals surface area contributed by atoms with Gasteiger partial charge in [-0.25, -0.2) is 13.1 Å². The van der Waals surface area contributed by atoms with Gasteiger partial charge in [-0.1, -0.05) is 0 Å². The van der Waals surface area contributed by atoms with Crippen molar-refractivity contribution in [3.8, 4) is 0 Å². The van der Waals surface area contributed by atoms with Crippen LogP contribution >= 0.6 is 11.8 Å². The van der Waals surface area contributed by atoms with Crippen molar-refractivity contribution in [2.75, 3.05) is 19.8 Å². The summed E-state index contributed by atoms with van der Waals surface area (Å²) < 4.78 is 31.6. The van der Waals surface area contributed by atoms with E-state index in [1.54, 1.807) is 24.9 Å². The zero-order valence-corrected chi connectivity index (χ0v) is 12.7. The molecule has 0 aliphatic carbocycles. The van der Waals surface area contributed by atoms with Gasteiger partial charge in [0.2, 0.25) is 5.09 Å². The fraction of sp³-hybridized carbons (Fsp3) is 0.636. The van der Waals surface area contributed by atoms with Crippen molar-refractivity contribution in [1.82, 2.24) is 10.0 Å². The van der Waals surface area contributed by atoms with Crippen molar-refractivity contribution in [2.45, 2.75) is 30.2 Å². The summed E-state index contributed by atoms with van der Waals surface area (Å²) in [5.74, 6) is 0.599. The third-order valence-corrected chi connectivity index (χ3v) is 5.02. The van der Waals surface area contributed by atoms with Crippen molar-refractivity contribution in [3.63, 3.8) is 0 Å². The van der Waals surface area contributed by atoms with Crippen LogP contribution in [0.3, 0.4) is 0 Å². The van der Waals surface area contributed by atoms with Gasteiger partial charge in [-0.05, 0) is 39.3 Å². The minimum Gasteiger partial charge on any atom is -0.447 e. The first-order valence-electron chi connectivity index (χ1n) is 5.59. The highest BCUT2D eigenvalue weighted by Crippen LogP contribution is 2.21. The van der Waals surface area contributed by atoms with E-state index in [9.17, 15) is 8.42 Å². The van der Waals surface area contributed by atoms with Crippen LogP contribution < -0.4 is 10.0 Å². The number of hydrogen-bond acceptors (Lipinski definition) is 5. The van der Waals surface area contributed by atoms with E-state index in [4.69, 9.17) is 4.42 Å². The molecule has 0 unspecified atom stereocenters. The van der Waals surface area contributed by atoms with Crippen LogP contribution in [0.5, 0.6) is 0 Å². The van der Waals surface area contributed by atoms with E-state index in [2.05, 4.69) is 10.0 Å². The summed E-state index contributed by atoms with van der Waals surface area (Å²) >= 11 is 1.61. The summed E-state index contributed by atoms with van der Waals surface area (Å²) in [7, 11) is -1.79. The van der Waals surface area contributed by atoms with Crippen LogP contribution in [-0.2, 0) is 16.6 Å². The lowest BCUT2D eigenvalue weighted by Gasteiger charge is -2.21. The Kier molecular flexibility index (Phi) is 5.27. The number of hydrogen-bond donors (Lipinski definition) is 2. The maximum atomic E-state index is 12.0. The molecule has 0 aliphatic heterocycles. The third-order valence-electron chi connectivity index (χ3n) is 2.49. The van der Waals surface area contributed by atoms with E-state index >= 15 is 0 Å². The predicted octanol–water partition coefficient (Wildman–Crippen LogP) is 1.42. The Hall–Kier alpha value is -0.500. The van der Waals surface area contributed by atoms with Crippen LogP contribution in [-0.4, -0.2) is 33.0 Å². The van der Waals surface area contributed by atoms with Crippen LogP contribution in [0, 0.1) is 0 Å². The van der Waals surface area contributed by atoms with Gasteiger partial charge in [0.25, 0.3) is 10.0 Å². The lowest BCUT2D eigenvalue weighted by atomic mass is 10.2. The Labute approximate surface area is 113 Å². The van der Waals surface area contributed by atoms with Gasteiger partial charge in [0.1, 0.15) is 5.76 Å². The second-order valence-electron chi connectivity index (χ2n) is 4.54. The SMILES string of the molecule is CNCc1ccc(S(=O)(=O)NCC(C)(C)SC)o1. The maximum absolute atomic E-state index is 12.0. The molecule has 0 radical (unpaired) electrons. The molecule has 1 aromatic heterocycles. The van der Waals surface area contributed by atoms with Gasteiger partial charge in [-0.3, -0.25) is 0 Å². The lowest BCUT2D eigenvalue weighted by molar-refractivity contribution is 0.404. The largest absolute Gasteiger partial charge is 0.447 e. The van der Waals surface area contributed by atoms with Crippen LogP contribution in [0.4, 0.5) is 0 Å². The molecule has 0 saturated heterocycles. The van der Waals surface area contributed by atoms with Gasteiger partial charge in [-0.2, -0.15) is 11.8 Å². The monoisotopic (exact) mass is 292 g/mol. The zero-order valence-electron chi connectivity index (χ0n) is 11.1. The molecule has 18 heavy (non-hydrogen) atoms. The Morgan fingerprint density at radius 3 is 2.61 bits per heavy atom. The standard InChI is InChI=1S/C11H20N2O3S2/c1-11(2,17-4)8-13-18(14,15)10-6-5-9(16-10)7-12-3/h5-6,12-13H,7-8H2,1-4H3. The second-order valence-corrected chi connectivity index (χ2v) is 7.75. The molecule has 1 aromatic rings. The van der Waals surface area contributed by atoms with E-state index in [0.717, 1.165) is 0 Å². The summed E-state index contributed by atoms with van der Waals surface area (Å²) in [5.41, 5.74) is 0. The average molecular weight is 292 g/mol. The lowest BCUT2D eigenvalue weighted by Crippen LogP contribution is -2.35. The molecule has 1 heterocycles. The third kappa shape index (κ3) is 4.31. The van der Waals surface area contributed by atoms with E-state index in [0.29, 0.717) is 18.8 Å². The summed E-state index contributed by atoms with van der Waals surface area (Å²) in [6, 6.07) is 3.13. The van der Waals surface area contributed by atoms with Crippen LogP contribution in [0.2, 0.25) is 0 Å². The first-order chi connectivity index (χ1) is 8.30. The second kappa shape index (κ2) is 6.10. The number of rotatable bonds is 7. The van der Waals surface area contributed by atoms with Gasteiger partial charge in [0.15, 0.2) is 0 Å². The Balaban J connectivity index is 2.74. The first-order valence-corrected chi connectivity index (χ1v) is 8.30. The fourth-order valence-electron chi connectivity index (χ4n) is 1.18. The van der Waals surface area contributed by atoms with Crippen molar-refractivity contribution in [2.24, 2.45) is 0 Å². The number of sulfonamides is 1. The molecule has 0 bridgehead atoms. The van der Waals surface area contributed by atoms with Crippen molar-refractivity contribution >= 4 is 21.8 Å². The van der Waals surface area contributed by atoms with E-state index in [1.807, 2.05) is 20.1 Å². The molecule has 0 aliphatic rings. The van der Waals surface area contributed by atoms with Crippen LogP contribution in [0.15, 0.2) is 21.6 Å². The van der Waals surface area contributed by atoms with Gasteiger partial charge < -0.3 is 9.73 Å². The summed E-state index contributed by atoms with van der Waals surface area (Å²) in [6.07, 6.45) is 1.95. The molecule has 0 spiro atoms.